The highest BCUT2D eigenvalue weighted by Crippen LogP contribution is 2.31. The van der Waals surface area contributed by atoms with Gasteiger partial charge in [0.1, 0.15) is 4.83 Å². The molecule has 0 atom stereocenters. The number of hydrogen-bond acceptors (Lipinski definition) is 6. The molecule has 0 amide bonds. The van der Waals surface area contributed by atoms with Crippen LogP contribution in [0, 0.1) is 6.92 Å². The minimum atomic E-state index is -0.0891. The summed E-state index contributed by atoms with van der Waals surface area (Å²) in [4.78, 5) is 21.4. The highest BCUT2D eigenvalue weighted by molar-refractivity contribution is 7.20. The standard InChI is InChI=1S/C22H27N3O3S/c1-15-11-17-12-18(20(26)16-5-6-19(27-4)23-13-16)29-21(17)25(15)8-7-24-9-10-28-22(2,3)14-24/h5-6,11-13H,7-10,14H2,1-4H3. The van der Waals surface area contributed by atoms with Crippen LogP contribution in [0.1, 0.15) is 34.8 Å². The summed E-state index contributed by atoms with van der Waals surface area (Å²) < 4.78 is 13.2. The molecular weight excluding hydrogens is 386 g/mol. The van der Waals surface area contributed by atoms with E-state index in [1.165, 1.54) is 5.69 Å². The third-order valence-electron chi connectivity index (χ3n) is 5.35. The lowest BCUT2D eigenvalue weighted by atomic mass is 10.1. The second-order valence-corrected chi connectivity index (χ2v) is 9.14. The Hall–Kier alpha value is -2.22. The Morgan fingerprint density at radius 1 is 1.31 bits per heavy atom. The summed E-state index contributed by atoms with van der Waals surface area (Å²) >= 11 is 1.56. The molecule has 154 valence electrons. The lowest BCUT2D eigenvalue weighted by Crippen LogP contribution is -2.49. The van der Waals surface area contributed by atoms with Crippen molar-refractivity contribution in [2.75, 3.05) is 33.4 Å². The van der Waals surface area contributed by atoms with Crippen LogP contribution in [0.2, 0.25) is 0 Å². The summed E-state index contributed by atoms with van der Waals surface area (Å²) in [5, 5.41) is 1.12. The van der Waals surface area contributed by atoms with E-state index in [0.29, 0.717) is 11.4 Å². The van der Waals surface area contributed by atoms with E-state index in [1.54, 1.807) is 36.8 Å². The first-order valence-electron chi connectivity index (χ1n) is 9.87. The summed E-state index contributed by atoms with van der Waals surface area (Å²) in [7, 11) is 1.56. The van der Waals surface area contributed by atoms with Crippen LogP contribution in [-0.4, -0.2) is 59.2 Å². The van der Waals surface area contributed by atoms with Gasteiger partial charge in [-0.2, -0.15) is 0 Å². The van der Waals surface area contributed by atoms with Gasteiger partial charge in [-0.25, -0.2) is 4.98 Å². The summed E-state index contributed by atoms with van der Waals surface area (Å²) in [5.41, 5.74) is 1.71. The van der Waals surface area contributed by atoms with Crippen molar-refractivity contribution in [2.24, 2.45) is 0 Å². The fourth-order valence-corrected chi connectivity index (χ4v) is 5.07. The zero-order valence-electron chi connectivity index (χ0n) is 17.4. The van der Waals surface area contributed by atoms with Crippen molar-refractivity contribution in [1.82, 2.24) is 14.5 Å². The second-order valence-electron chi connectivity index (χ2n) is 8.11. The molecule has 6 nitrogen and oxygen atoms in total. The number of ketones is 1. The SMILES string of the molecule is COc1ccc(C(=O)c2cc3cc(C)n(CCN4CCOC(C)(C)C4)c3s2)cn1. The number of ether oxygens (including phenoxy) is 2. The fourth-order valence-electron chi connectivity index (χ4n) is 3.89. The Bertz CT molecular complexity index is 1020. The number of carbonyl (C=O) groups is 1. The number of carbonyl (C=O) groups excluding carboxylic acids is 1. The van der Waals surface area contributed by atoms with Crippen molar-refractivity contribution >= 4 is 27.3 Å². The maximum absolute atomic E-state index is 12.9. The largest absolute Gasteiger partial charge is 0.481 e. The van der Waals surface area contributed by atoms with Crippen molar-refractivity contribution in [2.45, 2.75) is 32.9 Å². The van der Waals surface area contributed by atoms with Crippen LogP contribution in [0.15, 0.2) is 30.5 Å². The smallest absolute Gasteiger partial charge is 0.212 e. The molecule has 4 heterocycles. The molecule has 3 aromatic heterocycles. The van der Waals surface area contributed by atoms with Gasteiger partial charge < -0.3 is 14.0 Å². The molecule has 1 aliphatic heterocycles. The number of nitrogens with zero attached hydrogens (tertiary/aromatic N) is 3. The van der Waals surface area contributed by atoms with Gasteiger partial charge in [0.15, 0.2) is 0 Å². The van der Waals surface area contributed by atoms with E-state index in [1.807, 2.05) is 6.07 Å². The Labute approximate surface area is 175 Å². The number of rotatable bonds is 6. The van der Waals surface area contributed by atoms with Crippen LogP contribution >= 0.6 is 11.3 Å². The van der Waals surface area contributed by atoms with Crippen molar-refractivity contribution in [1.29, 1.82) is 0 Å². The van der Waals surface area contributed by atoms with Crippen LogP contribution < -0.4 is 4.74 Å². The van der Waals surface area contributed by atoms with E-state index in [0.717, 1.165) is 47.9 Å². The molecule has 1 fully saturated rings. The van der Waals surface area contributed by atoms with Gasteiger partial charge in [-0.15, -0.1) is 11.3 Å². The van der Waals surface area contributed by atoms with Gasteiger partial charge in [0.25, 0.3) is 0 Å². The van der Waals surface area contributed by atoms with Gasteiger partial charge in [-0.05, 0) is 39.0 Å². The molecule has 0 aliphatic carbocycles. The summed E-state index contributed by atoms with van der Waals surface area (Å²) in [6, 6.07) is 7.64. The Balaban J connectivity index is 1.52. The van der Waals surface area contributed by atoms with E-state index in [-0.39, 0.29) is 11.4 Å². The summed E-state index contributed by atoms with van der Waals surface area (Å²) in [5.74, 6) is 0.506. The Morgan fingerprint density at radius 3 is 2.83 bits per heavy atom. The third kappa shape index (κ3) is 4.22. The topological polar surface area (TPSA) is 56.6 Å². The number of thiophene rings is 1. The van der Waals surface area contributed by atoms with Crippen molar-refractivity contribution in [3.63, 3.8) is 0 Å². The van der Waals surface area contributed by atoms with Crippen LogP contribution in [0.25, 0.3) is 10.2 Å². The van der Waals surface area contributed by atoms with Crippen LogP contribution in [0.5, 0.6) is 5.88 Å². The first-order chi connectivity index (χ1) is 13.9. The summed E-state index contributed by atoms with van der Waals surface area (Å²) in [6.07, 6.45) is 1.57. The minimum absolute atomic E-state index is 0.000449. The van der Waals surface area contributed by atoms with Gasteiger partial charge in [-0.1, -0.05) is 0 Å². The van der Waals surface area contributed by atoms with Crippen molar-refractivity contribution < 1.29 is 14.3 Å². The zero-order chi connectivity index (χ0) is 20.6. The van der Waals surface area contributed by atoms with E-state index in [4.69, 9.17) is 9.47 Å². The van der Waals surface area contributed by atoms with Crippen LogP contribution in [0.3, 0.4) is 0 Å². The fraction of sp³-hybridized carbons (Fsp3) is 0.455. The first kappa shape index (κ1) is 20.1. The molecule has 3 aromatic rings. The Kier molecular flexibility index (Phi) is 5.46. The molecule has 1 saturated heterocycles. The average Bonchev–Trinajstić information content (AvgIpc) is 3.22. The highest BCUT2D eigenvalue weighted by atomic mass is 32.1. The zero-order valence-corrected chi connectivity index (χ0v) is 18.2. The van der Waals surface area contributed by atoms with Gasteiger partial charge in [0.2, 0.25) is 11.7 Å². The molecule has 0 bridgehead atoms. The lowest BCUT2D eigenvalue weighted by Gasteiger charge is -2.38. The maximum atomic E-state index is 12.9. The monoisotopic (exact) mass is 413 g/mol. The molecule has 0 N–H and O–H groups in total. The summed E-state index contributed by atoms with van der Waals surface area (Å²) in [6.45, 7) is 11.0. The van der Waals surface area contributed by atoms with Crippen LogP contribution in [-0.2, 0) is 11.3 Å². The number of pyridine rings is 1. The molecule has 0 saturated carbocycles. The van der Waals surface area contributed by atoms with E-state index >= 15 is 0 Å². The van der Waals surface area contributed by atoms with Crippen molar-refractivity contribution in [3.05, 3.63) is 46.6 Å². The number of hydrogen-bond donors (Lipinski definition) is 0. The quantitative estimate of drug-likeness (QED) is 0.576. The number of aromatic nitrogens is 2. The number of aryl methyl sites for hydroxylation is 1. The van der Waals surface area contributed by atoms with E-state index in [9.17, 15) is 4.79 Å². The maximum Gasteiger partial charge on any atom is 0.212 e. The molecule has 0 spiro atoms. The predicted octanol–water partition coefficient (Wildman–Crippen LogP) is 3.76. The first-order valence-corrected chi connectivity index (χ1v) is 10.7. The molecule has 29 heavy (non-hydrogen) atoms. The van der Waals surface area contributed by atoms with Crippen molar-refractivity contribution in [3.8, 4) is 5.88 Å². The molecule has 0 aromatic carbocycles. The molecular formula is C22H27N3O3S. The molecule has 7 heteroatoms. The normalized spacial score (nSPS) is 17.0. The molecule has 0 radical (unpaired) electrons. The van der Waals surface area contributed by atoms with Gasteiger partial charge >= 0.3 is 0 Å². The second kappa shape index (κ2) is 7.89. The molecule has 0 unspecified atom stereocenters. The number of methoxy groups -OCH3 is 1. The van der Waals surface area contributed by atoms with E-state index in [2.05, 4.69) is 41.3 Å². The van der Waals surface area contributed by atoms with Crippen LogP contribution in [0.4, 0.5) is 0 Å². The minimum Gasteiger partial charge on any atom is -0.481 e. The highest BCUT2D eigenvalue weighted by Gasteiger charge is 2.27. The number of fused-ring (bicyclic) bond motifs is 1. The predicted molar refractivity (Wildman–Crippen MR) is 115 cm³/mol. The van der Waals surface area contributed by atoms with E-state index < -0.39 is 0 Å². The molecule has 4 rings (SSSR count). The Morgan fingerprint density at radius 2 is 2.14 bits per heavy atom. The lowest BCUT2D eigenvalue weighted by molar-refractivity contribution is -0.0864. The average molecular weight is 414 g/mol. The van der Waals surface area contributed by atoms with Gasteiger partial charge in [-0.3, -0.25) is 9.69 Å². The van der Waals surface area contributed by atoms with Gasteiger partial charge in [0, 0.05) is 55.1 Å². The third-order valence-corrected chi connectivity index (χ3v) is 6.52. The van der Waals surface area contributed by atoms with Gasteiger partial charge in [0.05, 0.1) is 24.2 Å². The number of morpholine rings is 1. The molecule has 1 aliphatic rings.